The largest absolute Gasteiger partial charge is 0.493 e. The lowest BCUT2D eigenvalue weighted by atomic mass is 9.98. The maximum atomic E-state index is 13.2. The fourth-order valence-corrected chi connectivity index (χ4v) is 4.77. The normalized spacial score (nSPS) is 15.2. The van der Waals surface area contributed by atoms with Gasteiger partial charge in [0.25, 0.3) is 0 Å². The molecule has 0 fully saturated rings. The van der Waals surface area contributed by atoms with Crippen molar-refractivity contribution in [1.82, 2.24) is 5.16 Å². The number of halogens is 3. The number of fused-ring (bicyclic) bond motifs is 2. The summed E-state index contributed by atoms with van der Waals surface area (Å²) < 4.78 is 61.7. The summed E-state index contributed by atoms with van der Waals surface area (Å²) in [5.74, 6) is 1.27. The molecule has 2 aromatic carbocycles. The third-order valence-electron chi connectivity index (χ3n) is 6.34. The molecule has 1 unspecified atom stereocenters. The van der Waals surface area contributed by atoms with E-state index in [1.807, 2.05) is 25.1 Å². The molecule has 1 heterocycles. The summed E-state index contributed by atoms with van der Waals surface area (Å²) in [4.78, 5) is 11.9. The molecule has 0 bridgehead atoms. The molecule has 1 aromatic heterocycles. The lowest BCUT2D eigenvalue weighted by Gasteiger charge is -2.14. The first-order valence-corrected chi connectivity index (χ1v) is 12.3. The monoisotopic (exact) mass is 505 g/mol. The number of carbonyl (C=O) groups excluding carboxylic acids is 1. The first-order valence-electron chi connectivity index (χ1n) is 12.3. The molecule has 0 radical (unpaired) electrons. The summed E-state index contributed by atoms with van der Waals surface area (Å²) >= 11 is 0. The molecule has 194 valence electrons. The van der Waals surface area contributed by atoms with Gasteiger partial charge in [0.2, 0.25) is 0 Å². The van der Waals surface area contributed by atoms with E-state index in [0.717, 1.165) is 36.1 Å². The molecular formula is C27H30F3NO5. The molecule has 0 saturated carbocycles. The van der Waals surface area contributed by atoms with Crippen LogP contribution in [0, 0.1) is 0 Å². The van der Waals surface area contributed by atoms with Crippen molar-refractivity contribution in [2.24, 2.45) is 0 Å². The Labute approximate surface area is 207 Å². The smallest absolute Gasteiger partial charge is 0.437 e. The van der Waals surface area contributed by atoms with Crippen LogP contribution in [0.2, 0.25) is 0 Å². The van der Waals surface area contributed by atoms with Crippen LogP contribution in [0.25, 0.3) is 11.0 Å². The van der Waals surface area contributed by atoms with Crippen molar-refractivity contribution in [2.45, 2.75) is 64.5 Å². The number of ether oxygens (including phenoxy) is 3. The van der Waals surface area contributed by atoms with Crippen molar-refractivity contribution in [1.29, 1.82) is 0 Å². The van der Waals surface area contributed by atoms with Crippen LogP contribution in [0.1, 0.15) is 67.8 Å². The number of rotatable bonds is 11. The molecule has 0 aliphatic heterocycles. The molecule has 36 heavy (non-hydrogen) atoms. The summed E-state index contributed by atoms with van der Waals surface area (Å²) in [5.41, 5.74) is 1.96. The topological polar surface area (TPSA) is 70.8 Å². The van der Waals surface area contributed by atoms with E-state index >= 15 is 0 Å². The maximum Gasteiger partial charge on any atom is 0.437 e. The zero-order valence-electron chi connectivity index (χ0n) is 20.5. The van der Waals surface area contributed by atoms with Crippen LogP contribution in [-0.4, -0.2) is 30.9 Å². The number of aryl methyl sites for hydroxylation is 1. The Bertz CT molecular complexity index is 1200. The number of alkyl halides is 3. The number of carbonyl (C=O) groups is 1. The Hall–Kier alpha value is -3.23. The standard InChI is InChI=1S/C27H30F3NO5/c1-3-7-20-23(13-12-21-25(20)36-31-26(21)27(28,29)30)35-15-6-14-34-22-9-5-8-18-17(10-11-19(18)22)16-24(32)33-4-2/h5,8-9,12-13,17H,3-4,6-7,10-11,14-16H2,1-2H3. The number of nitrogens with zero attached hydrogens (tertiary/aromatic N) is 1. The van der Waals surface area contributed by atoms with Crippen LogP contribution in [0.4, 0.5) is 13.2 Å². The third-order valence-corrected chi connectivity index (χ3v) is 6.34. The molecular weight excluding hydrogens is 475 g/mol. The van der Waals surface area contributed by atoms with Crippen LogP contribution < -0.4 is 9.47 Å². The Balaban J connectivity index is 1.35. The predicted octanol–water partition coefficient (Wildman–Crippen LogP) is 6.63. The van der Waals surface area contributed by atoms with Crippen molar-refractivity contribution < 1.29 is 36.7 Å². The molecule has 4 rings (SSSR count). The van der Waals surface area contributed by atoms with Gasteiger partial charge < -0.3 is 18.7 Å². The second-order valence-electron chi connectivity index (χ2n) is 8.82. The second kappa shape index (κ2) is 11.2. The van der Waals surface area contributed by atoms with Crippen molar-refractivity contribution in [2.75, 3.05) is 19.8 Å². The van der Waals surface area contributed by atoms with Gasteiger partial charge in [0.1, 0.15) is 11.5 Å². The zero-order valence-corrected chi connectivity index (χ0v) is 20.5. The van der Waals surface area contributed by atoms with Gasteiger partial charge in [0, 0.05) is 12.0 Å². The quantitative estimate of drug-likeness (QED) is 0.215. The summed E-state index contributed by atoms with van der Waals surface area (Å²) in [6.07, 6.45) is -0.649. The van der Waals surface area contributed by atoms with E-state index in [-0.39, 0.29) is 22.9 Å². The molecule has 6 nitrogen and oxygen atoms in total. The highest BCUT2D eigenvalue weighted by Gasteiger charge is 2.37. The summed E-state index contributed by atoms with van der Waals surface area (Å²) in [5, 5.41) is 3.20. The molecule has 0 spiro atoms. The van der Waals surface area contributed by atoms with Crippen molar-refractivity contribution >= 4 is 16.9 Å². The van der Waals surface area contributed by atoms with Gasteiger partial charge in [-0.25, -0.2) is 0 Å². The highest BCUT2D eigenvalue weighted by atomic mass is 19.4. The summed E-state index contributed by atoms with van der Waals surface area (Å²) in [7, 11) is 0. The number of hydrogen-bond donors (Lipinski definition) is 0. The zero-order chi connectivity index (χ0) is 25.7. The third kappa shape index (κ3) is 5.60. The number of hydrogen-bond acceptors (Lipinski definition) is 6. The minimum absolute atomic E-state index is 0.0548. The van der Waals surface area contributed by atoms with Crippen molar-refractivity contribution in [3.8, 4) is 11.5 Å². The van der Waals surface area contributed by atoms with Crippen LogP contribution in [0.5, 0.6) is 11.5 Å². The van der Waals surface area contributed by atoms with Crippen molar-refractivity contribution in [3.05, 3.63) is 52.7 Å². The van der Waals surface area contributed by atoms with E-state index in [1.165, 1.54) is 6.07 Å². The summed E-state index contributed by atoms with van der Waals surface area (Å²) in [6.45, 7) is 4.88. The average molecular weight is 506 g/mol. The molecule has 9 heteroatoms. The van der Waals surface area contributed by atoms with E-state index in [2.05, 4.69) is 5.16 Å². The van der Waals surface area contributed by atoms with Gasteiger partial charge in [-0.15, -0.1) is 0 Å². The van der Waals surface area contributed by atoms with E-state index in [4.69, 9.17) is 18.7 Å². The highest BCUT2D eigenvalue weighted by Crippen LogP contribution is 2.41. The van der Waals surface area contributed by atoms with E-state index < -0.39 is 11.9 Å². The average Bonchev–Trinajstić information content (AvgIpc) is 3.45. The second-order valence-corrected chi connectivity index (χ2v) is 8.82. The van der Waals surface area contributed by atoms with Gasteiger partial charge in [0.05, 0.1) is 31.6 Å². The SMILES string of the molecule is CCCc1c(OCCCOc2cccc3c2CCC3CC(=O)OCC)ccc2c(C(F)(F)F)noc12. The van der Waals surface area contributed by atoms with Gasteiger partial charge in [-0.05, 0) is 61.4 Å². The minimum Gasteiger partial charge on any atom is -0.493 e. The first-order chi connectivity index (χ1) is 17.3. The fourth-order valence-electron chi connectivity index (χ4n) is 4.77. The van der Waals surface area contributed by atoms with Crippen LogP contribution >= 0.6 is 0 Å². The van der Waals surface area contributed by atoms with Gasteiger partial charge in [0.15, 0.2) is 11.3 Å². The Morgan fingerprint density at radius 3 is 2.61 bits per heavy atom. The molecule has 3 aromatic rings. The molecule has 1 aliphatic rings. The fraction of sp³-hybridized carbons (Fsp3) is 0.481. The van der Waals surface area contributed by atoms with Gasteiger partial charge >= 0.3 is 12.1 Å². The summed E-state index contributed by atoms with van der Waals surface area (Å²) in [6, 6.07) is 8.81. The molecule has 0 saturated heterocycles. The Morgan fingerprint density at radius 1 is 1.11 bits per heavy atom. The van der Waals surface area contributed by atoms with Gasteiger partial charge in [-0.1, -0.05) is 30.6 Å². The minimum atomic E-state index is -4.58. The maximum absolute atomic E-state index is 13.2. The predicted molar refractivity (Wildman–Crippen MR) is 127 cm³/mol. The van der Waals surface area contributed by atoms with E-state index in [1.54, 1.807) is 13.0 Å². The number of aromatic nitrogens is 1. The molecule has 0 amide bonds. The van der Waals surface area contributed by atoms with Crippen LogP contribution in [0.3, 0.4) is 0 Å². The van der Waals surface area contributed by atoms with Gasteiger partial charge in [-0.3, -0.25) is 4.79 Å². The Kier molecular flexibility index (Phi) is 8.06. The highest BCUT2D eigenvalue weighted by molar-refractivity contribution is 5.85. The lowest BCUT2D eigenvalue weighted by Crippen LogP contribution is -2.09. The van der Waals surface area contributed by atoms with Crippen LogP contribution in [-0.2, 0) is 28.5 Å². The molecule has 1 atom stereocenters. The van der Waals surface area contributed by atoms with Crippen LogP contribution in [0.15, 0.2) is 34.9 Å². The van der Waals surface area contributed by atoms with E-state index in [0.29, 0.717) is 50.4 Å². The van der Waals surface area contributed by atoms with Crippen molar-refractivity contribution in [3.63, 3.8) is 0 Å². The molecule has 0 N–H and O–H groups in total. The number of esters is 1. The number of benzene rings is 2. The lowest BCUT2D eigenvalue weighted by molar-refractivity contribution is -0.143. The first kappa shape index (κ1) is 25.9. The van der Waals surface area contributed by atoms with E-state index in [9.17, 15) is 18.0 Å². The molecule has 1 aliphatic carbocycles. The Morgan fingerprint density at radius 2 is 1.89 bits per heavy atom. The van der Waals surface area contributed by atoms with Gasteiger partial charge in [-0.2, -0.15) is 13.2 Å².